The molecule has 0 aliphatic heterocycles. The topological polar surface area (TPSA) is 13.1 Å². The number of hydrogen-bond acceptors (Lipinski definition) is 2. The maximum atomic E-state index is 6.64. The van der Waals surface area contributed by atoms with E-state index in [0.29, 0.717) is 0 Å². The lowest BCUT2D eigenvalue weighted by atomic mass is 9.81. The Labute approximate surface area is 345 Å². The van der Waals surface area contributed by atoms with E-state index >= 15 is 0 Å². The molecule has 0 amide bonds. The number of fused-ring (bicyclic) bond motifs is 13. The van der Waals surface area contributed by atoms with E-state index in [-0.39, 0.29) is 5.41 Å². The van der Waals surface area contributed by atoms with Crippen molar-refractivity contribution in [2.24, 2.45) is 0 Å². The fraction of sp³-hybridized carbons (Fsp3) is 0.0526. The molecule has 0 unspecified atom stereocenters. The number of furan rings is 1. The van der Waals surface area contributed by atoms with Crippen LogP contribution in [0, 0.1) is 0 Å². The van der Waals surface area contributed by atoms with Crippen molar-refractivity contribution < 1.29 is 4.42 Å². The highest BCUT2D eigenvalue weighted by molar-refractivity contribution is 7.25. The molecule has 1 nitrogen and oxygen atoms in total. The zero-order valence-electron chi connectivity index (χ0n) is 32.6. The standard InChI is InChI=1S/C57H36OS/c1-57(2)48-26-22-37(55-42-17-8-6-15-40(42)54(33-12-4-3-5-13-33)41-16-7-9-18-43(41)55)28-46(48)38-24-20-34(29-49(38)57)35-21-25-44-51(30-35)58-50-27-23-36-31-53-47(32-45(36)56(44)50)39-14-10-11-19-52(39)59-53/h3-32H,1-2H3. The number of benzene rings is 10. The average molecular weight is 769 g/mol. The summed E-state index contributed by atoms with van der Waals surface area (Å²) in [6.07, 6.45) is 0. The molecule has 0 atom stereocenters. The SMILES string of the molecule is CC1(C)c2ccc(-c3c4ccccc4c(-c4ccccc4)c4ccccc34)cc2-c2ccc(-c3ccc4c(c3)oc3ccc5cc6sc7ccccc7c6cc5c34)cc21. The lowest BCUT2D eigenvalue weighted by Gasteiger charge is -2.22. The van der Waals surface area contributed by atoms with Crippen molar-refractivity contribution in [3.63, 3.8) is 0 Å². The lowest BCUT2D eigenvalue weighted by molar-refractivity contribution is 0.660. The molecule has 0 radical (unpaired) electrons. The summed E-state index contributed by atoms with van der Waals surface area (Å²) < 4.78 is 9.29. The molecule has 2 aromatic heterocycles. The molecule has 2 heteroatoms. The van der Waals surface area contributed by atoms with Crippen molar-refractivity contribution in [3.8, 4) is 44.5 Å². The van der Waals surface area contributed by atoms with Gasteiger partial charge in [0, 0.05) is 36.4 Å². The van der Waals surface area contributed by atoms with Gasteiger partial charge < -0.3 is 4.42 Å². The van der Waals surface area contributed by atoms with Crippen molar-refractivity contribution in [2.45, 2.75) is 19.3 Å². The van der Waals surface area contributed by atoms with Gasteiger partial charge in [0.1, 0.15) is 11.2 Å². The number of rotatable bonds is 3. The fourth-order valence-corrected chi connectivity index (χ4v) is 11.6. The van der Waals surface area contributed by atoms with E-state index in [4.69, 9.17) is 4.42 Å². The molecule has 0 fully saturated rings. The summed E-state index contributed by atoms with van der Waals surface area (Å²) >= 11 is 1.87. The molecule has 13 rings (SSSR count). The van der Waals surface area contributed by atoms with Crippen LogP contribution in [0.1, 0.15) is 25.0 Å². The first-order valence-corrected chi connectivity index (χ1v) is 21.3. The third-order valence-corrected chi connectivity index (χ3v) is 14.4. The molecule has 0 saturated carbocycles. The predicted octanol–water partition coefficient (Wildman–Crippen LogP) is 16.7. The average Bonchev–Trinajstić information content (AvgIpc) is 3.91. The van der Waals surface area contributed by atoms with Crippen LogP contribution >= 0.6 is 11.3 Å². The second-order valence-electron chi connectivity index (χ2n) is 16.8. The van der Waals surface area contributed by atoms with Crippen LogP contribution in [0.15, 0.2) is 186 Å². The summed E-state index contributed by atoms with van der Waals surface area (Å²) in [5.74, 6) is 0. The van der Waals surface area contributed by atoms with E-state index in [1.54, 1.807) is 0 Å². The van der Waals surface area contributed by atoms with E-state index in [9.17, 15) is 0 Å². The van der Waals surface area contributed by atoms with Crippen molar-refractivity contribution in [3.05, 3.63) is 193 Å². The molecule has 59 heavy (non-hydrogen) atoms. The quantitative estimate of drug-likeness (QED) is 0.163. The minimum atomic E-state index is -0.153. The Morgan fingerprint density at radius 3 is 1.78 bits per heavy atom. The second kappa shape index (κ2) is 12.0. The van der Waals surface area contributed by atoms with Crippen LogP contribution in [0.5, 0.6) is 0 Å². The molecule has 0 saturated heterocycles. The maximum absolute atomic E-state index is 6.64. The minimum Gasteiger partial charge on any atom is -0.456 e. The Morgan fingerprint density at radius 1 is 0.373 bits per heavy atom. The molecule has 0 bridgehead atoms. The Morgan fingerprint density at radius 2 is 1.02 bits per heavy atom. The van der Waals surface area contributed by atoms with Gasteiger partial charge in [0.25, 0.3) is 0 Å². The highest BCUT2D eigenvalue weighted by Gasteiger charge is 2.36. The van der Waals surface area contributed by atoms with Crippen LogP contribution in [-0.2, 0) is 5.41 Å². The van der Waals surface area contributed by atoms with Gasteiger partial charge in [-0.25, -0.2) is 0 Å². The number of hydrogen-bond donors (Lipinski definition) is 0. The molecular formula is C57H36OS. The lowest BCUT2D eigenvalue weighted by Crippen LogP contribution is -2.15. The molecule has 10 aromatic carbocycles. The van der Waals surface area contributed by atoms with E-state index in [1.165, 1.54) is 114 Å². The van der Waals surface area contributed by atoms with Crippen LogP contribution in [0.2, 0.25) is 0 Å². The Balaban J connectivity index is 0.938. The summed E-state index contributed by atoms with van der Waals surface area (Å²) in [5.41, 5.74) is 14.5. The highest BCUT2D eigenvalue weighted by Crippen LogP contribution is 2.52. The van der Waals surface area contributed by atoms with Crippen molar-refractivity contribution in [1.82, 2.24) is 0 Å². The summed E-state index contributed by atoms with van der Waals surface area (Å²) in [5, 5.41) is 12.6. The van der Waals surface area contributed by atoms with Crippen LogP contribution in [0.25, 0.3) is 119 Å². The monoisotopic (exact) mass is 768 g/mol. The van der Waals surface area contributed by atoms with Gasteiger partial charge >= 0.3 is 0 Å². The van der Waals surface area contributed by atoms with Crippen molar-refractivity contribution >= 4 is 85.8 Å². The van der Waals surface area contributed by atoms with Gasteiger partial charge in [0.15, 0.2) is 0 Å². The zero-order chi connectivity index (χ0) is 39.0. The number of thiophene rings is 1. The molecule has 2 heterocycles. The summed E-state index contributed by atoms with van der Waals surface area (Å²) in [6.45, 7) is 4.75. The van der Waals surface area contributed by atoms with Crippen LogP contribution in [0.3, 0.4) is 0 Å². The largest absolute Gasteiger partial charge is 0.456 e. The normalized spacial score (nSPS) is 13.4. The van der Waals surface area contributed by atoms with Crippen LogP contribution in [-0.4, -0.2) is 0 Å². The first-order chi connectivity index (χ1) is 29.0. The second-order valence-corrected chi connectivity index (χ2v) is 17.9. The molecular weight excluding hydrogens is 733 g/mol. The minimum absolute atomic E-state index is 0.153. The smallest absolute Gasteiger partial charge is 0.136 e. The molecule has 12 aromatic rings. The zero-order valence-corrected chi connectivity index (χ0v) is 33.5. The molecule has 0 spiro atoms. The molecule has 1 aliphatic carbocycles. The van der Waals surface area contributed by atoms with Gasteiger partial charge in [-0.3, -0.25) is 0 Å². The molecule has 1 aliphatic rings. The molecule has 276 valence electrons. The summed E-state index contributed by atoms with van der Waals surface area (Å²) in [6, 6.07) is 67.6. The van der Waals surface area contributed by atoms with Crippen molar-refractivity contribution in [2.75, 3.05) is 0 Å². The Kier molecular flexibility index (Phi) is 6.73. The molecule has 0 N–H and O–H groups in total. The fourth-order valence-electron chi connectivity index (χ4n) is 10.4. The van der Waals surface area contributed by atoms with Gasteiger partial charge in [0.2, 0.25) is 0 Å². The first-order valence-electron chi connectivity index (χ1n) is 20.5. The van der Waals surface area contributed by atoms with Gasteiger partial charge in [0.05, 0.1) is 0 Å². The van der Waals surface area contributed by atoms with E-state index in [0.717, 1.165) is 16.6 Å². The van der Waals surface area contributed by atoms with Crippen LogP contribution < -0.4 is 0 Å². The predicted molar refractivity (Wildman–Crippen MR) is 253 cm³/mol. The maximum Gasteiger partial charge on any atom is 0.136 e. The van der Waals surface area contributed by atoms with Gasteiger partial charge in [-0.15, -0.1) is 11.3 Å². The third kappa shape index (κ3) is 4.67. The summed E-state index contributed by atoms with van der Waals surface area (Å²) in [4.78, 5) is 0. The van der Waals surface area contributed by atoms with Gasteiger partial charge in [-0.05, 0) is 136 Å². The summed E-state index contributed by atoms with van der Waals surface area (Å²) in [7, 11) is 0. The van der Waals surface area contributed by atoms with Gasteiger partial charge in [-0.2, -0.15) is 0 Å². The van der Waals surface area contributed by atoms with E-state index in [2.05, 4.69) is 196 Å². The van der Waals surface area contributed by atoms with E-state index in [1.807, 2.05) is 11.3 Å². The van der Waals surface area contributed by atoms with E-state index < -0.39 is 0 Å². The third-order valence-electron chi connectivity index (χ3n) is 13.2. The first kappa shape index (κ1) is 33.0. The van der Waals surface area contributed by atoms with Gasteiger partial charge in [-0.1, -0.05) is 147 Å². The Hall–Kier alpha value is -7.00. The Bertz CT molecular complexity index is 3690. The highest BCUT2D eigenvalue weighted by atomic mass is 32.1. The van der Waals surface area contributed by atoms with Crippen LogP contribution in [0.4, 0.5) is 0 Å². The van der Waals surface area contributed by atoms with Crippen molar-refractivity contribution in [1.29, 1.82) is 0 Å².